The molecular formula is C25H30N4O6S. The summed E-state index contributed by atoms with van der Waals surface area (Å²) >= 11 is 0. The molecule has 4 rings (SSSR count). The van der Waals surface area contributed by atoms with Gasteiger partial charge in [0.2, 0.25) is 10.0 Å². The number of sulfonamides is 1. The molecule has 1 atom stereocenters. The first-order chi connectivity index (χ1) is 17.2. The van der Waals surface area contributed by atoms with Crippen molar-refractivity contribution in [2.75, 3.05) is 53.5 Å². The predicted molar refractivity (Wildman–Crippen MR) is 132 cm³/mol. The van der Waals surface area contributed by atoms with E-state index < -0.39 is 27.8 Å². The van der Waals surface area contributed by atoms with Gasteiger partial charge in [0.25, 0.3) is 11.7 Å². The van der Waals surface area contributed by atoms with E-state index in [-0.39, 0.29) is 21.8 Å². The molecule has 11 heteroatoms. The van der Waals surface area contributed by atoms with E-state index in [1.54, 1.807) is 24.5 Å². The van der Waals surface area contributed by atoms with Crippen LogP contribution in [0.4, 0.5) is 0 Å². The van der Waals surface area contributed by atoms with E-state index in [2.05, 4.69) is 9.88 Å². The molecule has 1 aromatic carbocycles. The van der Waals surface area contributed by atoms with Crippen LogP contribution in [0.3, 0.4) is 0 Å². The molecule has 2 aliphatic heterocycles. The summed E-state index contributed by atoms with van der Waals surface area (Å²) in [6.45, 7) is 4.10. The van der Waals surface area contributed by atoms with Crippen LogP contribution in [0.25, 0.3) is 5.76 Å². The first kappa shape index (κ1) is 26.0. The standard InChI is InChI=1S/C25H30N4O6S/c1-27(2)36(33,34)20-6-4-19(5-7-20)23(30)21-22(18-8-10-26-11-9-18)29(25(32)24(21)31)13-3-12-28-14-16-35-17-15-28/h4-11,22,30H,3,12-17H2,1-2H3/b23-21+/t22-/m0/s1. The average molecular weight is 515 g/mol. The van der Waals surface area contributed by atoms with Crippen molar-refractivity contribution in [2.45, 2.75) is 17.4 Å². The number of aliphatic hydroxyl groups is 1. The van der Waals surface area contributed by atoms with Gasteiger partial charge in [-0.2, -0.15) is 0 Å². The van der Waals surface area contributed by atoms with Crippen molar-refractivity contribution in [1.29, 1.82) is 0 Å². The maximum atomic E-state index is 13.1. The zero-order chi connectivity index (χ0) is 25.9. The molecule has 0 radical (unpaired) electrons. The van der Waals surface area contributed by atoms with Gasteiger partial charge in [-0.25, -0.2) is 12.7 Å². The third-order valence-corrected chi connectivity index (χ3v) is 8.27. The molecule has 1 N–H and O–H groups in total. The predicted octanol–water partition coefficient (Wildman–Crippen LogP) is 1.48. The van der Waals surface area contributed by atoms with E-state index in [4.69, 9.17) is 4.74 Å². The van der Waals surface area contributed by atoms with Gasteiger partial charge < -0.3 is 14.7 Å². The van der Waals surface area contributed by atoms with E-state index >= 15 is 0 Å². The summed E-state index contributed by atoms with van der Waals surface area (Å²) in [5.41, 5.74) is 0.878. The number of amides is 1. The van der Waals surface area contributed by atoms with Crippen molar-refractivity contribution in [3.63, 3.8) is 0 Å². The molecule has 0 unspecified atom stereocenters. The molecular weight excluding hydrogens is 484 g/mol. The second kappa shape index (κ2) is 10.9. The van der Waals surface area contributed by atoms with Crippen molar-refractivity contribution in [3.8, 4) is 0 Å². The monoisotopic (exact) mass is 514 g/mol. The van der Waals surface area contributed by atoms with Crippen LogP contribution in [0, 0.1) is 0 Å². The maximum absolute atomic E-state index is 13.1. The van der Waals surface area contributed by atoms with E-state index in [0.717, 1.165) is 23.9 Å². The number of carbonyl (C=O) groups is 2. The normalized spacial score (nSPS) is 20.9. The summed E-state index contributed by atoms with van der Waals surface area (Å²) < 4.78 is 31.2. The lowest BCUT2D eigenvalue weighted by Crippen LogP contribution is -2.38. The van der Waals surface area contributed by atoms with Crippen LogP contribution in [0.2, 0.25) is 0 Å². The van der Waals surface area contributed by atoms with Crippen molar-refractivity contribution in [3.05, 3.63) is 65.5 Å². The Morgan fingerprint density at radius 2 is 1.69 bits per heavy atom. The fourth-order valence-corrected chi connectivity index (χ4v) is 5.35. The van der Waals surface area contributed by atoms with Crippen LogP contribution in [0.1, 0.15) is 23.6 Å². The van der Waals surface area contributed by atoms with Crippen molar-refractivity contribution in [1.82, 2.24) is 19.1 Å². The quantitative estimate of drug-likeness (QED) is 0.320. The molecule has 0 bridgehead atoms. The summed E-state index contributed by atoms with van der Waals surface area (Å²) in [5, 5.41) is 11.2. The Kier molecular flexibility index (Phi) is 7.84. The molecule has 2 aromatic rings. The number of hydrogen-bond acceptors (Lipinski definition) is 8. The Morgan fingerprint density at radius 3 is 2.31 bits per heavy atom. The third-order valence-electron chi connectivity index (χ3n) is 6.45. The zero-order valence-corrected chi connectivity index (χ0v) is 21.1. The highest BCUT2D eigenvalue weighted by Gasteiger charge is 2.45. The topological polar surface area (TPSA) is 120 Å². The van der Waals surface area contributed by atoms with Crippen molar-refractivity contribution >= 4 is 27.5 Å². The number of ether oxygens (including phenoxy) is 1. The molecule has 36 heavy (non-hydrogen) atoms. The molecule has 192 valence electrons. The van der Waals surface area contributed by atoms with Crippen LogP contribution < -0.4 is 0 Å². The molecule has 2 saturated heterocycles. The Bertz CT molecular complexity index is 1240. The Labute approximate surface area is 210 Å². The lowest BCUT2D eigenvalue weighted by molar-refractivity contribution is -0.140. The Balaban J connectivity index is 1.66. The van der Waals surface area contributed by atoms with Gasteiger partial charge in [-0.05, 0) is 48.4 Å². The minimum Gasteiger partial charge on any atom is -0.507 e. The number of carbonyl (C=O) groups excluding carboxylic acids is 2. The number of hydrogen-bond donors (Lipinski definition) is 1. The molecule has 2 aliphatic rings. The smallest absolute Gasteiger partial charge is 0.295 e. The van der Waals surface area contributed by atoms with Crippen LogP contribution in [0.5, 0.6) is 0 Å². The van der Waals surface area contributed by atoms with Gasteiger partial charge in [-0.1, -0.05) is 0 Å². The van der Waals surface area contributed by atoms with Gasteiger partial charge in [0.1, 0.15) is 5.76 Å². The van der Waals surface area contributed by atoms with Crippen LogP contribution >= 0.6 is 0 Å². The molecule has 10 nitrogen and oxygen atoms in total. The number of morpholine rings is 1. The highest BCUT2D eigenvalue weighted by Crippen LogP contribution is 2.39. The van der Waals surface area contributed by atoms with Gasteiger partial charge in [-0.3, -0.25) is 19.5 Å². The molecule has 3 heterocycles. The number of ketones is 1. The number of likely N-dealkylation sites (tertiary alicyclic amines) is 1. The van der Waals surface area contributed by atoms with Crippen molar-refractivity contribution < 1.29 is 27.9 Å². The van der Waals surface area contributed by atoms with E-state index in [1.807, 2.05) is 0 Å². The Hall–Kier alpha value is -3.12. The summed E-state index contributed by atoms with van der Waals surface area (Å²) in [6.07, 6.45) is 3.81. The second-order valence-corrected chi connectivity index (χ2v) is 11.0. The summed E-state index contributed by atoms with van der Waals surface area (Å²) in [6, 6.07) is 8.25. The number of benzene rings is 1. The minimum atomic E-state index is -3.65. The average Bonchev–Trinajstić information content (AvgIpc) is 3.14. The van der Waals surface area contributed by atoms with E-state index in [9.17, 15) is 23.1 Å². The summed E-state index contributed by atoms with van der Waals surface area (Å²) in [5.74, 6) is -1.79. The molecule has 0 saturated carbocycles. The lowest BCUT2D eigenvalue weighted by Gasteiger charge is -2.29. The first-order valence-electron chi connectivity index (χ1n) is 11.7. The molecule has 2 fully saturated rings. The van der Waals surface area contributed by atoms with Crippen molar-refractivity contribution in [2.24, 2.45) is 0 Å². The largest absolute Gasteiger partial charge is 0.507 e. The van der Waals surface area contributed by atoms with E-state index in [1.165, 1.54) is 43.3 Å². The molecule has 1 amide bonds. The van der Waals surface area contributed by atoms with Crippen LogP contribution in [-0.4, -0.2) is 97.8 Å². The fourth-order valence-electron chi connectivity index (χ4n) is 4.44. The molecule has 0 aliphatic carbocycles. The number of aromatic nitrogens is 1. The van der Waals surface area contributed by atoms with Gasteiger partial charge in [0.15, 0.2) is 0 Å². The lowest BCUT2D eigenvalue weighted by atomic mass is 9.96. The second-order valence-electron chi connectivity index (χ2n) is 8.89. The van der Waals surface area contributed by atoms with E-state index in [0.29, 0.717) is 31.7 Å². The van der Waals surface area contributed by atoms with Crippen LogP contribution in [-0.2, 0) is 24.3 Å². The molecule has 0 spiro atoms. The third kappa shape index (κ3) is 5.19. The molecule has 1 aromatic heterocycles. The SMILES string of the molecule is CN(C)S(=O)(=O)c1ccc(/C(O)=C2\C(=O)C(=O)N(CCCN3CCOCC3)[C@H]2c2ccncc2)cc1. The number of pyridine rings is 1. The van der Waals surface area contributed by atoms with Gasteiger partial charge in [0, 0.05) is 58.2 Å². The maximum Gasteiger partial charge on any atom is 0.295 e. The number of nitrogens with zero attached hydrogens (tertiary/aromatic N) is 4. The van der Waals surface area contributed by atoms with Gasteiger partial charge >= 0.3 is 0 Å². The highest BCUT2D eigenvalue weighted by molar-refractivity contribution is 7.89. The minimum absolute atomic E-state index is 0.0270. The van der Waals surface area contributed by atoms with Crippen LogP contribution in [0.15, 0.2) is 59.3 Å². The summed E-state index contributed by atoms with van der Waals surface area (Å²) in [7, 11) is -0.794. The number of Topliss-reactive ketones (excluding diaryl/α,β-unsaturated/α-hetero) is 1. The number of rotatable bonds is 8. The fraction of sp³-hybridized carbons (Fsp3) is 0.400. The number of aliphatic hydroxyl groups excluding tert-OH is 1. The highest BCUT2D eigenvalue weighted by atomic mass is 32.2. The Morgan fingerprint density at radius 1 is 1.06 bits per heavy atom. The summed E-state index contributed by atoms with van der Waals surface area (Å²) in [4.78, 5) is 34.1. The zero-order valence-electron chi connectivity index (χ0n) is 20.3. The first-order valence-corrected chi connectivity index (χ1v) is 13.2. The van der Waals surface area contributed by atoms with Gasteiger partial charge in [0.05, 0.1) is 29.7 Å². The van der Waals surface area contributed by atoms with Gasteiger partial charge in [-0.15, -0.1) is 0 Å².